The van der Waals surface area contributed by atoms with Crippen LogP contribution >= 0.6 is 11.9 Å². The summed E-state index contributed by atoms with van der Waals surface area (Å²) < 4.78 is 40.9. The van der Waals surface area contributed by atoms with Crippen molar-refractivity contribution in [3.8, 4) is 0 Å². The minimum Gasteiger partial charge on any atom is -0.399 e. The monoisotopic (exact) mass is 369 g/mol. The first-order valence-corrected chi connectivity index (χ1v) is 8.55. The van der Waals surface area contributed by atoms with Crippen molar-refractivity contribution in [3.63, 3.8) is 0 Å². The second kappa shape index (κ2) is 7.09. The standard InChI is InChI=1S/C16H18F3N5S/c1-11-10-14(16(17,18)19)22-15(21-11)23-6-8-24(9-7-23)25-13-4-2-12(20)3-5-13/h2-5,10H,6-9,20H2,1H3. The number of nitrogen functional groups attached to an aromatic ring is 1. The van der Waals surface area contributed by atoms with Gasteiger partial charge in [-0.2, -0.15) is 13.2 Å². The van der Waals surface area contributed by atoms with Gasteiger partial charge in [0, 0.05) is 42.5 Å². The molecule has 2 N–H and O–H groups in total. The second-order valence-electron chi connectivity index (χ2n) is 5.77. The predicted octanol–water partition coefficient (Wildman–Crippen LogP) is 3.22. The number of halogens is 3. The Morgan fingerprint density at radius 1 is 1.04 bits per heavy atom. The lowest BCUT2D eigenvalue weighted by atomic mass is 10.3. The van der Waals surface area contributed by atoms with Crippen LogP contribution in [0.4, 0.5) is 24.8 Å². The maximum Gasteiger partial charge on any atom is 0.433 e. The van der Waals surface area contributed by atoms with E-state index in [1.165, 1.54) is 0 Å². The van der Waals surface area contributed by atoms with E-state index in [1.54, 1.807) is 23.8 Å². The van der Waals surface area contributed by atoms with Crippen LogP contribution in [0.1, 0.15) is 11.4 Å². The molecule has 5 nitrogen and oxygen atoms in total. The van der Waals surface area contributed by atoms with Crippen LogP contribution in [0.25, 0.3) is 0 Å². The van der Waals surface area contributed by atoms with Gasteiger partial charge in [-0.25, -0.2) is 14.3 Å². The normalized spacial score (nSPS) is 16.2. The molecule has 0 aliphatic carbocycles. The summed E-state index contributed by atoms with van der Waals surface area (Å²) in [6.07, 6.45) is -4.46. The zero-order valence-electron chi connectivity index (χ0n) is 13.6. The van der Waals surface area contributed by atoms with Crippen molar-refractivity contribution >= 4 is 23.6 Å². The number of piperazine rings is 1. The minimum absolute atomic E-state index is 0.143. The van der Waals surface area contributed by atoms with Gasteiger partial charge in [0.05, 0.1) is 0 Å². The Bertz CT molecular complexity index is 728. The fourth-order valence-electron chi connectivity index (χ4n) is 2.50. The molecule has 1 aliphatic rings. The number of aromatic nitrogens is 2. The molecule has 9 heteroatoms. The summed E-state index contributed by atoms with van der Waals surface area (Å²) in [4.78, 5) is 10.7. The Balaban J connectivity index is 1.64. The lowest BCUT2D eigenvalue weighted by molar-refractivity contribution is -0.141. The summed E-state index contributed by atoms with van der Waals surface area (Å²) in [6, 6.07) is 8.56. The Hall–Kier alpha value is -2.00. The molecule has 0 saturated carbocycles. The van der Waals surface area contributed by atoms with Crippen LogP contribution in [0.5, 0.6) is 0 Å². The van der Waals surface area contributed by atoms with Gasteiger partial charge in [0.1, 0.15) is 5.69 Å². The third-order valence-corrected chi connectivity index (χ3v) is 4.88. The summed E-state index contributed by atoms with van der Waals surface area (Å²) in [5, 5.41) is 0. The molecule has 0 amide bonds. The number of hydrogen-bond donors (Lipinski definition) is 1. The number of nitrogens with zero attached hydrogens (tertiary/aromatic N) is 4. The molecule has 1 aromatic carbocycles. The molecule has 0 unspecified atom stereocenters. The number of anilines is 2. The summed E-state index contributed by atoms with van der Waals surface area (Å²) in [6.45, 7) is 4.10. The second-order valence-corrected chi connectivity index (χ2v) is 6.94. The van der Waals surface area contributed by atoms with E-state index in [4.69, 9.17) is 5.73 Å². The van der Waals surface area contributed by atoms with Crippen molar-refractivity contribution in [2.24, 2.45) is 0 Å². The highest BCUT2D eigenvalue weighted by Gasteiger charge is 2.34. The highest BCUT2D eigenvalue weighted by molar-refractivity contribution is 7.97. The third kappa shape index (κ3) is 4.55. The zero-order chi connectivity index (χ0) is 18.0. The van der Waals surface area contributed by atoms with Crippen molar-refractivity contribution in [1.29, 1.82) is 0 Å². The van der Waals surface area contributed by atoms with E-state index in [9.17, 15) is 13.2 Å². The van der Waals surface area contributed by atoms with Gasteiger partial charge in [0.25, 0.3) is 0 Å². The zero-order valence-corrected chi connectivity index (χ0v) is 14.4. The predicted molar refractivity (Wildman–Crippen MR) is 92.3 cm³/mol. The topological polar surface area (TPSA) is 58.3 Å². The van der Waals surface area contributed by atoms with E-state index >= 15 is 0 Å². The third-order valence-electron chi connectivity index (χ3n) is 3.77. The fourth-order valence-corrected chi connectivity index (χ4v) is 3.40. The molecule has 2 heterocycles. The first-order valence-electron chi connectivity index (χ1n) is 7.77. The average molecular weight is 369 g/mol. The first-order chi connectivity index (χ1) is 11.8. The number of nitrogens with two attached hydrogens (primary N) is 1. The summed E-state index contributed by atoms with van der Waals surface area (Å²) >= 11 is 1.61. The van der Waals surface area contributed by atoms with E-state index in [2.05, 4.69) is 14.3 Å². The van der Waals surface area contributed by atoms with Gasteiger partial charge >= 0.3 is 6.18 Å². The minimum atomic E-state index is -4.46. The number of benzene rings is 1. The van der Waals surface area contributed by atoms with Crippen molar-refractivity contribution < 1.29 is 13.2 Å². The Morgan fingerprint density at radius 2 is 1.68 bits per heavy atom. The lowest BCUT2D eigenvalue weighted by Crippen LogP contribution is -2.44. The van der Waals surface area contributed by atoms with E-state index in [0.717, 1.165) is 11.0 Å². The van der Waals surface area contributed by atoms with Gasteiger partial charge in [-0.15, -0.1) is 0 Å². The van der Waals surface area contributed by atoms with Crippen LogP contribution in [0.3, 0.4) is 0 Å². The molecule has 1 saturated heterocycles. The molecule has 2 aromatic rings. The molecule has 134 valence electrons. The molecule has 1 aliphatic heterocycles. The molecular weight excluding hydrogens is 351 g/mol. The van der Waals surface area contributed by atoms with Crippen LogP contribution in [0.15, 0.2) is 35.2 Å². The molecule has 0 atom stereocenters. The highest BCUT2D eigenvalue weighted by atomic mass is 32.2. The van der Waals surface area contributed by atoms with Gasteiger partial charge in [-0.3, -0.25) is 0 Å². The van der Waals surface area contributed by atoms with Crippen LogP contribution in [-0.4, -0.2) is 40.5 Å². The van der Waals surface area contributed by atoms with E-state index in [-0.39, 0.29) is 5.95 Å². The van der Waals surface area contributed by atoms with Crippen LogP contribution in [-0.2, 0) is 6.18 Å². The van der Waals surface area contributed by atoms with Crippen molar-refractivity contribution in [1.82, 2.24) is 14.3 Å². The lowest BCUT2D eigenvalue weighted by Gasteiger charge is -2.34. The van der Waals surface area contributed by atoms with E-state index in [0.29, 0.717) is 37.6 Å². The molecule has 25 heavy (non-hydrogen) atoms. The summed E-state index contributed by atoms with van der Waals surface area (Å²) in [5.74, 6) is 0.143. The smallest absolute Gasteiger partial charge is 0.399 e. The van der Waals surface area contributed by atoms with Crippen molar-refractivity contribution in [3.05, 3.63) is 41.7 Å². The molecule has 0 bridgehead atoms. The average Bonchev–Trinajstić information content (AvgIpc) is 2.56. The molecule has 1 fully saturated rings. The van der Waals surface area contributed by atoms with E-state index in [1.807, 2.05) is 24.3 Å². The van der Waals surface area contributed by atoms with E-state index < -0.39 is 11.9 Å². The number of hydrogen-bond acceptors (Lipinski definition) is 6. The largest absolute Gasteiger partial charge is 0.433 e. The fraction of sp³-hybridized carbons (Fsp3) is 0.375. The Kier molecular flexibility index (Phi) is 5.05. The maximum atomic E-state index is 12.9. The molecule has 0 spiro atoms. The van der Waals surface area contributed by atoms with Crippen LogP contribution < -0.4 is 10.6 Å². The van der Waals surface area contributed by atoms with Crippen molar-refractivity contribution in [2.45, 2.75) is 18.0 Å². The van der Waals surface area contributed by atoms with Crippen molar-refractivity contribution in [2.75, 3.05) is 36.8 Å². The highest BCUT2D eigenvalue weighted by Crippen LogP contribution is 2.30. The summed E-state index contributed by atoms with van der Waals surface area (Å²) in [5.41, 5.74) is 5.81. The van der Waals surface area contributed by atoms with Crippen LogP contribution in [0.2, 0.25) is 0 Å². The molecular formula is C16H18F3N5S. The maximum absolute atomic E-state index is 12.9. The number of rotatable bonds is 3. The van der Waals surface area contributed by atoms with Gasteiger partial charge in [0.2, 0.25) is 5.95 Å². The van der Waals surface area contributed by atoms with Gasteiger partial charge in [0.15, 0.2) is 0 Å². The molecule has 3 rings (SSSR count). The first kappa shape index (κ1) is 17.8. The summed E-state index contributed by atoms with van der Waals surface area (Å²) in [7, 11) is 0. The molecule has 1 aromatic heterocycles. The number of alkyl halides is 3. The van der Waals surface area contributed by atoms with Gasteiger partial charge < -0.3 is 10.6 Å². The van der Waals surface area contributed by atoms with Crippen LogP contribution in [0, 0.1) is 6.92 Å². The Morgan fingerprint density at radius 3 is 2.28 bits per heavy atom. The number of aryl methyl sites for hydroxylation is 1. The quantitative estimate of drug-likeness (QED) is 0.662. The van der Waals surface area contributed by atoms with Gasteiger partial charge in [-0.1, -0.05) is 0 Å². The SMILES string of the molecule is Cc1cc(C(F)(F)F)nc(N2CCN(Sc3ccc(N)cc3)CC2)n1. The molecule has 0 radical (unpaired) electrons. The Labute approximate surface area is 148 Å². The van der Waals surface area contributed by atoms with Gasteiger partial charge in [-0.05, 0) is 49.2 Å².